The van der Waals surface area contributed by atoms with Gasteiger partial charge in [-0.3, -0.25) is 0 Å². The standard InChI is InChI=1S/C22H22ClNO2S2/c1-17-7-13-22(14-8-17)28(25,26)24-20(15-18-5-3-2-4-6-18)16-27-21-11-9-19(23)10-12-21/h2-14,20,24H,15-16H2,1H3/t20-/m0/s1. The van der Waals surface area contributed by atoms with Crippen molar-refractivity contribution in [3.05, 3.63) is 95.0 Å². The maximum Gasteiger partial charge on any atom is 0.240 e. The summed E-state index contributed by atoms with van der Waals surface area (Å²) in [6.45, 7) is 1.94. The number of rotatable bonds is 8. The predicted molar refractivity (Wildman–Crippen MR) is 118 cm³/mol. The zero-order valence-electron chi connectivity index (χ0n) is 15.5. The molecule has 0 spiro atoms. The SMILES string of the molecule is Cc1ccc(S(=O)(=O)N[C@H](CSc2ccc(Cl)cc2)Cc2ccccc2)cc1. The van der Waals surface area contributed by atoms with Crippen molar-refractivity contribution < 1.29 is 8.42 Å². The van der Waals surface area contributed by atoms with Crippen molar-refractivity contribution in [1.82, 2.24) is 4.72 Å². The number of hydrogen-bond donors (Lipinski definition) is 1. The highest BCUT2D eigenvalue weighted by atomic mass is 35.5. The van der Waals surface area contributed by atoms with Gasteiger partial charge in [0.25, 0.3) is 0 Å². The molecule has 3 nitrogen and oxygen atoms in total. The summed E-state index contributed by atoms with van der Waals surface area (Å²) in [6.07, 6.45) is 0.618. The van der Waals surface area contributed by atoms with Gasteiger partial charge in [0.1, 0.15) is 0 Å². The minimum absolute atomic E-state index is 0.241. The highest BCUT2D eigenvalue weighted by Crippen LogP contribution is 2.23. The van der Waals surface area contributed by atoms with Crippen molar-refractivity contribution in [1.29, 1.82) is 0 Å². The van der Waals surface area contributed by atoms with E-state index in [2.05, 4.69) is 4.72 Å². The number of thioether (sulfide) groups is 1. The number of hydrogen-bond acceptors (Lipinski definition) is 3. The van der Waals surface area contributed by atoms with Crippen LogP contribution in [0.4, 0.5) is 0 Å². The van der Waals surface area contributed by atoms with Gasteiger partial charge in [-0.1, -0.05) is 59.6 Å². The molecule has 0 unspecified atom stereocenters. The second kappa shape index (κ2) is 9.61. The molecule has 0 aliphatic rings. The molecule has 0 aromatic heterocycles. The fourth-order valence-electron chi connectivity index (χ4n) is 2.77. The third-order valence-corrected chi connectivity index (χ3v) is 7.21. The highest BCUT2D eigenvalue weighted by Gasteiger charge is 2.20. The Labute approximate surface area is 176 Å². The maximum absolute atomic E-state index is 12.9. The molecule has 3 aromatic rings. The largest absolute Gasteiger partial charge is 0.240 e. The molecular formula is C22H22ClNO2S2. The Bertz CT molecular complexity index is 989. The molecule has 0 heterocycles. The molecule has 0 saturated carbocycles. The third-order valence-electron chi connectivity index (χ3n) is 4.24. The number of aryl methyl sites for hydroxylation is 1. The van der Waals surface area contributed by atoms with E-state index in [1.54, 1.807) is 23.9 Å². The summed E-state index contributed by atoms with van der Waals surface area (Å²) in [6, 6.07) is 24.1. The van der Waals surface area contributed by atoms with Gasteiger partial charge in [-0.25, -0.2) is 13.1 Å². The molecule has 0 radical (unpaired) electrons. The average molecular weight is 432 g/mol. The number of sulfonamides is 1. The van der Waals surface area contributed by atoms with Crippen LogP contribution in [-0.4, -0.2) is 20.2 Å². The first-order valence-electron chi connectivity index (χ1n) is 8.94. The second-order valence-electron chi connectivity index (χ2n) is 6.59. The van der Waals surface area contributed by atoms with Crippen LogP contribution in [0.5, 0.6) is 0 Å². The second-order valence-corrected chi connectivity index (χ2v) is 9.83. The summed E-state index contributed by atoms with van der Waals surface area (Å²) in [7, 11) is -3.59. The van der Waals surface area contributed by atoms with Gasteiger partial charge in [0, 0.05) is 21.7 Å². The van der Waals surface area contributed by atoms with Crippen LogP contribution in [0.3, 0.4) is 0 Å². The quantitative estimate of drug-likeness (QED) is 0.490. The van der Waals surface area contributed by atoms with Crippen molar-refractivity contribution in [3.63, 3.8) is 0 Å². The van der Waals surface area contributed by atoms with Crippen LogP contribution in [-0.2, 0) is 16.4 Å². The lowest BCUT2D eigenvalue weighted by Crippen LogP contribution is -2.38. The van der Waals surface area contributed by atoms with Crippen LogP contribution >= 0.6 is 23.4 Å². The van der Waals surface area contributed by atoms with Crippen LogP contribution in [0.15, 0.2) is 88.7 Å². The minimum atomic E-state index is -3.59. The first-order chi connectivity index (χ1) is 13.4. The number of nitrogens with one attached hydrogen (secondary N) is 1. The van der Waals surface area contributed by atoms with Crippen molar-refractivity contribution in [2.24, 2.45) is 0 Å². The summed E-state index contributed by atoms with van der Waals surface area (Å²) < 4.78 is 28.6. The Morgan fingerprint density at radius 2 is 1.57 bits per heavy atom. The first kappa shape index (κ1) is 20.9. The van der Waals surface area contributed by atoms with E-state index in [0.29, 0.717) is 17.2 Å². The summed E-state index contributed by atoms with van der Waals surface area (Å²) in [5.74, 6) is 0.613. The first-order valence-corrected chi connectivity index (χ1v) is 11.8. The molecule has 0 fully saturated rings. The van der Waals surface area contributed by atoms with E-state index in [1.165, 1.54) is 0 Å². The Kier molecular flexibility index (Phi) is 7.18. The average Bonchev–Trinajstić information content (AvgIpc) is 2.68. The minimum Gasteiger partial charge on any atom is -0.207 e. The molecule has 0 bridgehead atoms. The van der Waals surface area contributed by atoms with Crippen LogP contribution in [0.1, 0.15) is 11.1 Å². The molecule has 146 valence electrons. The van der Waals surface area contributed by atoms with Crippen molar-refractivity contribution in [3.8, 4) is 0 Å². The van der Waals surface area contributed by atoms with Gasteiger partial charge in [0.05, 0.1) is 4.90 Å². The molecule has 28 heavy (non-hydrogen) atoms. The van der Waals surface area contributed by atoms with E-state index in [-0.39, 0.29) is 10.9 Å². The highest BCUT2D eigenvalue weighted by molar-refractivity contribution is 7.99. The molecule has 3 aromatic carbocycles. The molecule has 6 heteroatoms. The monoisotopic (exact) mass is 431 g/mol. The lowest BCUT2D eigenvalue weighted by atomic mass is 10.1. The van der Waals surface area contributed by atoms with E-state index in [9.17, 15) is 8.42 Å². The van der Waals surface area contributed by atoms with E-state index in [0.717, 1.165) is 16.0 Å². The molecule has 3 rings (SSSR count). The predicted octanol–water partition coefficient (Wildman–Crippen LogP) is 5.33. The molecule has 1 N–H and O–H groups in total. The van der Waals surface area contributed by atoms with Crippen LogP contribution in [0.2, 0.25) is 5.02 Å². The third kappa shape index (κ3) is 6.11. The summed E-state index contributed by atoms with van der Waals surface area (Å²) in [5.41, 5.74) is 2.12. The smallest absolute Gasteiger partial charge is 0.207 e. The van der Waals surface area contributed by atoms with Gasteiger partial charge >= 0.3 is 0 Å². The van der Waals surface area contributed by atoms with Gasteiger partial charge in [-0.2, -0.15) is 0 Å². The Morgan fingerprint density at radius 3 is 2.21 bits per heavy atom. The van der Waals surface area contributed by atoms with Crippen molar-refractivity contribution in [2.75, 3.05) is 5.75 Å². The Balaban J connectivity index is 1.76. The number of halogens is 1. The fourth-order valence-corrected chi connectivity index (χ4v) is 5.16. The van der Waals surface area contributed by atoms with E-state index in [1.807, 2.05) is 73.7 Å². The van der Waals surface area contributed by atoms with Crippen LogP contribution < -0.4 is 4.72 Å². The molecule has 0 aliphatic carbocycles. The lowest BCUT2D eigenvalue weighted by molar-refractivity contribution is 0.561. The molecular weight excluding hydrogens is 410 g/mol. The van der Waals surface area contributed by atoms with Crippen LogP contribution in [0, 0.1) is 6.92 Å². The van der Waals surface area contributed by atoms with Crippen molar-refractivity contribution in [2.45, 2.75) is 29.2 Å². The Hall–Kier alpha value is -1.79. The van der Waals surface area contributed by atoms with Gasteiger partial charge in [0.15, 0.2) is 0 Å². The van der Waals surface area contributed by atoms with E-state index < -0.39 is 10.0 Å². The van der Waals surface area contributed by atoms with E-state index in [4.69, 9.17) is 11.6 Å². The number of benzene rings is 3. The zero-order chi connectivity index (χ0) is 20.0. The summed E-state index contributed by atoms with van der Waals surface area (Å²) >= 11 is 7.56. The topological polar surface area (TPSA) is 46.2 Å². The molecule has 0 amide bonds. The van der Waals surface area contributed by atoms with E-state index >= 15 is 0 Å². The molecule has 1 atom stereocenters. The van der Waals surface area contributed by atoms with Gasteiger partial charge in [0.2, 0.25) is 10.0 Å². The fraction of sp³-hybridized carbons (Fsp3) is 0.182. The summed E-state index contributed by atoms with van der Waals surface area (Å²) in [4.78, 5) is 1.34. The van der Waals surface area contributed by atoms with Gasteiger partial charge < -0.3 is 0 Å². The van der Waals surface area contributed by atoms with Crippen molar-refractivity contribution >= 4 is 33.4 Å². The normalized spacial score (nSPS) is 12.6. The van der Waals surface area contributed by atoms with Gasteiger partial charge in [-0.05, 0) is 55.3 Å². The van der Waals surface area contributed by atoms with Crippen LogP contribution in [0.25, 0.3) is 0 Å². The maximum atomic E-state index is 12.9. The molecule has 0 saturated heterocycles. The Morgan fingerprint density at radius 1 is 0.929 bits per heavy atom. The lowest BCUT2D eigenvalue weighted by Gasteiger charge is -2.19. The summed E-state index contributed by atoms with van der Waals surface area (Å²) in [5, 5.41) is 0.685. The van der Waals surface area contributed by atoms with Gasteiger partial charge in [-0.15, -0.1) is 11.8 Å². The molecule has 0 aliphatic heterocycles. The zero-order valence-corrected chi connectivity index (χ0v) is 17.9.